The molecule has 0 rings (SSSR count). The molecular weight excluding hydrogens is 504 g/mol. The van der Waals surface area contributed by atoms with E-state index in [1.54, 1.807) is 0 Å². The molecule has 3 atom stereocenters. The van der Waals surface area contributed by atoms with Crippen LogP contribution in [0.2, 0.25) is 0 Å². The van der Waals surface area contributed by atoms with Crippen molar-refractivity contribution < 1.29 is 45.0 Å². The highest BCUT2D eigenvalue weighted by Crippen LogP contribution is 2.18. The Balaban J connectivity index is -0.000000210. The second-order valence-corrected chi connectivity index (χ2v) is 10.1. The van der Waals surface area contributed by atoms with Crippen LogP contribution in [0.1, 0.15) is 132 Å². The Morgan fingerprint density at radius 3 is 0.821 bits per heavy atom. The molecule has 39 heavy (non-hydrogen) atoms. The second kappa shape index (κ2) is 30.8. The first-order valence-electron chi connectivity index (χ1n) is 14.9. The van der Waals surface area contributed by atoms with E-state index in [2.05, 4.69) is 20.8 Å². The number of carboxylic acid groups (broad SMARTS) is 3. The Hall–Kier alpha value is -1.71. The molecule has 0 aliphatic rings. The van der Waals surface area contributed by atoms with E-state index in [0.29, 0.717) is 6.42 Å². The smallest absolute Gasteiger partial charge is 0.306 e. The summed E-state index contributed by atoms with van der Waals surface area (Å²) in [7, 11) is 0. The Labute approximate surface area is 238 Å². The van der Waals surface area contributed by atoms with Gasteiger partial charge in [0.2, 0.25) is 0 Å². The molecule has 0 aromatic carbocycles. The summed E-state index contributed by atoms with van der Waals surface area (Å²) in [6.45, 7) is 13.4. The third-order valence-corrected chi connectivity index (χ3v) is 7.00. The average Bonchev–Trinajstić information content (AvgIpc) is 2.92. The van der Waals surface area contributed by atoms with Gasteiger partial charge in [0.25, 0.3) is 0 Å². The fraction of sp³-hybridized carbons (Fsp3) is 0.900. The maximum absolute atomic E-state index is 10.4. The molecule has 0 amide bonds. The van der Waals surface area contributed by atoms with Crippen molar-refractivity contribution in [1.29, 1.82) is 0 Å². The first-order valence-corrected chi connectivity index (χ1v) is 14.9. The molecule has 3 unspecified atom stereocenters. The molecule has 0 aliphatic heterocycles. The van der Waals surface area contributed by atoms with Gasteiger partial charge in [0.1, 0.15) is 0 Å². The molecule has 0 saturated heterocycles. The van der Waals surface area contributed by atoms with E-state index < -0.39 is 23.3 Å². The molecule has 0 fully saturated rings. The maximum atomic E-state index is 10.4. The highest BCUT2D eigenvalue weighted by atomic mass is 16.4. The lowest BCUT2D eigenvalue weighted by Gasteiger charge is -2.24. The first-order chi connectivity index (χ1) is 18.4. The largest absolute Gasteiger partial charge is 0.481 e. The zero-order chi connectivity index (χ0) is 31.3. The summed E-state index contributed by atoms with van der Waals surface area (Å²) in [5.41, 5.74) is -0.667. The molecule has 0 saturated carbocycles. The van der Waals surface area contributed by atoms with Gasteiger partial charge in [0, 0.05) is 5.41 Å². The summed E-state index contributed by atoms with van der Waals surface area (Å²) in [4.78, 5) is 31.3. The van der Waals surface area contributed by atoms with Gasteiger partial charge < -0.3 is 30.6 Å². The predicted octanol–water partition coefficient (Wildman–Crippen LogP) is 6.22. The Morgan fingerprint density at radius 1 is 0.513 bits per heavy atom. The summed E-state index contributed by atoms with van der Waals surface area (Å²) in [5.74, 6) is -2.26. The third kappa shape index (κ3) is 26.3. The van der Waals surface area contributed by atoms with E-state index in [1.807, 2.05) is 27.7 Å². The minimum atomic E-state index is -0.667. The van der Waals surface area contributed by atoms with Gasteiger partial charge in [-0.1, -0.05) is 87.0 Å². The number of carbonyl (C=O) groups is 3. The topological polar surface area (TPSA) is 173 Å². The standard InChI is InChI=1S/3C8H16O2.C6H14O3/c3*1-3-5-6-7(4-2)8(9)10;1-2-6(3-7,4-8)5-9/h3*7H,3-6H2,1-2H3,(H,9,10);7-9H,2-5H2,1H3. The van der Waals surface area contributed by atoms with E-state index in [1.165, 1.54) is 0 Å². The van der Waals surface area contributed by atoms with Crippen molar-refractivity contribution in [2.45, 2.75) is 132 Å². The molecule has 0 spiro atoms. The fourth-order valence-electron chi connectivity index (χ4n) is 3.34. The van der Waals surface area contributed by atoms with E-state index in [0.717, 1.165) is 77.0 Å². The highest BCUT2D eigenvalue weighted by Gasteiger charge is 2.25. The quantitative estimate of drug-likeness (QED) is 0.106. The average molecular weight is 567 g/mol. The summed E-state index contributed by atoms with van der Waals surface area (Å²) < 4.78 is 0. The number of aliphatic hydroxyl groups excluding tert-OH is 3. The van der Waals surface area contributed by atoms with Crippen molar-refractivity contribution in [2.24, 2.45) is 23.2 Å². The third-order valence-electron chi connectivity index (χ3n) is 7.00. The van der Waals surface area contributed by atoms with Gasteiger partial charge in [-0.15, -0.1) is 0 Å². The van der Waals surface area contributed by atoms with Crippen molar-refractivity contribution in [2.75, 3.05) is 19.8 Å². The molecule has 236 valence electrons. The minimum absolute atomic E-state index is 0.111. The monoisotopic (exact) mass is 566 g/mol. The summed E-state index contributed by atoms with van der Waals surface area (Å²) >= 11 is 0. The molecule has 0 aromatic heterocycles. The molecule has 0 bridgehead atoms. The summed E-state index contributed by atoms with van der Waals surface area (Å²) in [6, 6.07) is 0. The lowest BCUT2D eigenvalue weighted by molar-refractivity contribution is -0.143. The number of aliphatic carboxylic acids is 3. The van der Waals surface area contributed by atoms with E-state index in [-0.39, 0.29) is 37.6 Å². The first kappa shape index (κ1) is 44.3. The predicted molar refractivity (Wildman–Crippen MR) is 157 cm³/mol. The molecular formula is C30H62O9. The summed E-state index contributed by atoms with van der Waals surface area (Å²) in [5, 5.41) is 51.8. The highest BCUT2D eigenvalue weighted by molar-refractivity contribution is 5.70. The lowest BCUT2D eigenvalue weighted by atomic mass is 9.88. The van der Waals surface area contributed by atoms with Crippen molar-refractivity contribution >= 4 is 17.9 Å². The summed E-state index contributed by atoms with van der Waals surface area (Å²) in [6.07, 6.45) is 11.7. The maximum Gasteiger partial charge on any atom is 0.306 e. The van der Waals surface area contributed by atoms with Crippen LogP contribution < -0.4 is 0 Å². The molecule has 9 heteroatoms. The van der Waals surface area contributed by atoms with Crippen LogP contribution in [0.5, 0.6) is 0 Å². The van der Waals surface area contributed by atoms with Crippen molar-refractivity contribution in [3.05, 3.63) is 0 Å². The Kier molecular flexibility index (Phi) is 35.0. The number of carboxylic acids is 3. The lowest BCUT2D eigenvalue weighted by Crippen LogP contribution is -2.32. The van der Waals surface area contributed by atoms with Gasteiger partial charge in [0.05, 0.1) is 37.6 Å². The minimum Gasteiger partial charge on any atom is -0.481 e. The molecule has 0 heterocycles. The fourth-order valence-corrected chi connectivity index (χ4v) is 3.34. The second-order valence-electron chi connectivity index (χ2n) is 10.1. The number of rotatable bonds is 19. The number of unbranched alkanes of at least 4 members (excludes halogenated alkanes) is 3. The van der Waals surface area contributed by atoms with Gasteiger partial charge in [-0.3, -0.25) is 14.4 Å². The number of hydrogen-bond donors (Lipinski definition) is 6. The molecule has 6 N–H and O–H groups in total. The van der Waals surface area contributed by atoms with Gasteiger partial charge in [-0.05, 0) is 44.9 Å². The van der Waals surface area contributed by atoms with Crippen LogP contribution in [-0.2, 0) is 14.4 Å². The zero-order valence-electron chi connectivity index (χ0n) is 26.0. The Morgan fingerprint density at radius 2 is 0.744 bits per heavy atom. The van der Waals surface area contributed by atoms with Crippen LogP contribution in [0.15, 0.2) is 0 Å². The van der Waals surface area contributed by atoms with Crippen LogP contribution in [0.25, 0.3) is 0 Å². The van der Waals surface area contributed by atoms with Crippen LogP contribution in [0.3, 0.4) is 0 Å². The molecule has 9 nitrogen and oxygen atoms in total. The van der Waals surface area contributed by atoms with Crippen molar-refractivity contribution in [3.8, 4) is 0 Å². The molecule has 0 aromatic rings. The normalized spacial score (nSPS) is 12.8. The molecule has 0 aliphatic carbocycles. The molecule has 0 radical (unpaired) electrons. The van der Waals surface area contributed by atoms with Gasteiger partial charge in [-0.2, -0.15) is 0 Å². The number of hydrogen-bond acceptors (Lipinski definition) is 6. The SMILES string of the molecule is CCC(CO)(CO)CO.CCCCC(CC)C(=O)O.CCCCC(CC)C(=O)O.CCCCC(CC)C(=O)O. The van der Waals surface area contributed by atoms with Crippen LogP contribution >= 0.6 is 0 Å². The Bertz CT molecular complexity index is 483. The van der Waals surface area contributed by atoms with Crippen LogP contribution in [-0.4, -0.2) is 68.4 Å². The van der Waals surface area contributed by atoms with Crippen LogP contribution in [0.4, 0.5) is 0 Å². The van der Waals surface area contributed by atoms with Gasteiger partial charge in [-0.25, -0.2) is 0 Å². The van der Waals surface area contributed by atoms with E-state index in [9.17, 15) is 14.4 Å². The van der Waals surface area contributed by atoms with Crippen molar-refractivity contribution in [1.82, 2.24) is 0 Å². The number of aliphatic hydroxyl groups is 3. The van der Waals surface area contributed by atoms with Crippen molar-refractivity contribution in [3.63, 3.8) is 0 Å². The zero-order valence-corrected chi connectivity index (χ0v) is 26.0. The van der Waals surface area contributed by atoms with Gasteiger partial charge in [0.15, 0.2) is 0 Å². The van der Waals surface area contributed by atoms with Gasteiger partial charge >= 0.3 is 17.9 Å². The van der Waals surface area contributed by atoms with Crippen LogP contribution in [0, 0.1) is 23.2 Å². The van der Waals surface area contributed by atoms with E-state index in [4.69, 9.17) is 30.6 Å². The van der Waals surface area contributed by atoms with E-state index >= 15 is 0 Å².